The molecule has 1 amide bonds. The van der Waals surface area contributed by atoms with Gasteiger partial charge in [0, 0.05) is 17.2 Å². The fourth-order valence-corrected chi connectivity index (χ4v) is 3.29. The predicted octanol–water partition coefficient (Wildman–Crippen LogP) is 3.12. The molecule has 8 heteroatoms. The number of anilines is 1. The zero-order valence-electron chi connectivity index (χ0n) is 15.3. The fraction of sp³-hybridized carbons (Fsp3) is 0.300. The number of halogens is 1. The van der Waals surface area contributed by atoms with Crippen LogP contribution in [0.1, 0.15) is 37.1 Å². The highest BCUT2D eigenvalue weighted by Gasteiger charge is 2.24. The van der Waals surface area contributed by atoms with Crippen LogP contribution in [0.5, 0.6) is 0 Å². The van der Waals surface area contributed by atoms with E-state index in [1.165, 1.54) is 18.2 Å². The first-order chi connectivity index (χ1) is 13.5. The van der Waals surface area contributed by atoms with Crippen molar-refractivity contribution in [2.24, 2.45) is 0 Å². The Hall–Kier alpha value is -3.29. The number of fused-ring (bicyclic) bond motifs is 1. The summed E-state index contributed by atoms with van der Waals surface area (Å²) < 4.78 is 19.5. The van der Waals surface area contributed by atoms with Crippen LogP contribution in [0.4, 0.5) is 10.3 Å². The van der Waals surface area contributed by atoms with Crippen LogP contribution in [0.3, 0.4) is 0 Å². The summed E-state index contributed by atoms with van der Waals surface area (Å²) in [5, 5.41) is 11.0. The van der Waals surface area contributed by atoms with Gasteiger partial charge in [0.2, 0.25) is 5.88 Å². The molecule has 1 unspecified atom stereocenters. The van der Waals surface area contributed by atoms with Crippen LogP contribution >= 0.6 is 0 Å². The first-order valence-corrected chi connectivity index (χ1v) is 9.17. The van der Waals surface area contributed by atoms with Gasteiger partial charge in [-0.1, -0.05) is 5.16 Å². The molecule has 0 bridgehead atoms. The number of aromatic nitrogens is 3. The van der Waals surface area contributed by atoms with Crippen molar-refractivity contribution in [2.45, 2.75) is 38.6 Å². The Morgan fingerprint density at radius 1 is 1.18 bits per heavy atom. The molecular formula is C20H19FN4O3. The number of rotatable bonds is 4. The molecule has 0 saturated carbocycles. The summed E-state index contributed by atoms with van der Waals surface area (Å²) in [6, 6.07) is 7.79. The summed E-state index contributed by atoms with van der Waals surface area (Å²) in [5.74, 6) is -0.440. The van der Waals surface area contributed by atoms with Crippen molar-refractivity contribution < 1.29 is 13.7 Å². The van der Waals surface area contributed by atoms with E-state index >= 15 is 0 Å². The SMILES string of the molecule is CC(C(=O)Nc1onc2c1CCCC2)n1nc(-c2ccc(F)cc2)ccc1=O. The van der Waals surface area contributed by atoms with E-state index in [1.54, 1.807) is 25.1 Å². The van der Waals surface area contributed by atoms with Crippen LogP contribution in [0.15, 0.2) is 45.7 Å². The van der Waals surface area contributed by atoms with E-state index in [-0.39, 0.29) is 5.82 Å². The van der Waals surface area contributed by atoms with Crippen molar-refractivity contribution in [1.29, 1.82) is 0 Å². The second-order valence-corrected chi connectivity index (χ2v) is 6.82. The number of aryl methyl sites for hydroxylation is 1. The molecule has 3 aromatic rings. The Kier molecular flexibility index (Phi) is 4.77. The third-order valence-electron chi connectivity index (χ3n) is 4.91. The molecule has 2 aromatic heterocycles. The van der Waals surface area contributed by atoms with Gasteiger partial charge in [0.05, 0.1) is 11.4 Å². The third-order valence-corrected chi connectivity index (χ3v) is 4.91. The zero-order chi connectivity index (χ0) is 19.7. The second-order valence-electron chi connectivity index (χ2n) is 6.82. The number of nitrogens with zero attached hydrogens (tertiary/aromatic N) is 3. The minimum absolute atomic E-state index is 0.342. The number of hydrogen-bond donors (Lipinski definition) is 1. The quantitative estimate of drug-likeness (QED) is 0.749. The summed E-state index contributed by atoms with van der Waals surface area (Å²) in [5.41, 5.74) is 2.51. The fourth-order valence-electron chi connectivity index (χ4n) is 3.29. The maximum atomic E-state index is 13.1. The van der Waals surface area contributed by atoms with E-state index in [2.05, 4.69) is 15.6 Å². The summed E-state index contributed by atoms with van der Waals surface area (Å²) in [6.07, 6.45) is 3.72. The molecule has 1 atom stereocenters. The van der Waals surface area contributed by atoms with E-state index in [0.717, 1.165) is 41.6 Å². The zero-order valence-corrected chi connectivity index (χ0v) is 15.3. The van der Waals surface area contributed by atoms with Gasteiger partial charge in [-0.2, -0.15) is 5.10 Å². The summed E-state index contributed by atoms with van der Waals surface area (Å²) in [6.45, 7) is 1.58. The molecule has 0 radical (unpaired) electrons. The lowest BCUT2D eigenvalue weighted by Crippen LogP contribution is -2.33. The molecule has 2 heterocycles. The van der Waals surface area contributed by atoms with Crippen LogP contribution in [0, 0.1) is 5.82 Å². The average Bonchev–Trinajstić information content (AvgIpc) is 3.11. The molecular weight excluding hydrogens is 363 g/mol. The van der Waals surface area contributed by atoms with Crippen molar-refractivity contribution in [3.05, 3.63) is 63.8 Å². The van der Waals surface area contributed by atoms with Gasteiger partial charge >= 0.3 is 0 Å². The van der Waals surface area contributed by atoms with Gasteiger partial charge in [0.25, 0.3) is 11.5 Å². The summed E-state index contributed by atoms with van der Waals surface area (Å²) >= 11 is 0. The van der Waals surface area contributed by atoms with Crippen LogP contribution in [-0.2, 0) is 17.6 Å². The van der Waals surface area contributed by atoms with Gasteiger partial charge in [-0.25, -0.2) is 9.07 Å². The third kappa shape index (κ3) is 3.45. The first-order valence-electron chi connectivity index (χ1n) is 9.17. The van der Waals surface area contributed by atoms with Crippen molar-refractivity contribution in [2.75, 3.05) is 5.32 Å². The highest BCUT2D eigenvalue weighted by molar-refractivity contribution is 5.92. The Morgan fingerprint density at radius 3 is 2.71 bits per heavy atom. The minimum atomic E-state index is -0.864. The lowest BCUT2D eigenvalue weighted by molar-refractivity contribution is -0.119. The molecule has 0 saturated heterocycles. The van der Waals surface area contributed by atoms with Gasteiger partial charge in [-0.15, -0.1) is 0 Å². The molecule has 1 aromatic carbocycles. The molecule has 1 aliphatic carbocycles. The largest absolute Gasteiger partial charge is 0.338 e. The smallest absolute Gasteiger partial charge is 0.267 e. The normalized spacial score (nSPS) is 14.4. The topological polar surface area (TPSA) is 90.0 Å². The standard InChI is InChI=1S/C20H19FN4O3/c1-12(19(27)22-20-15-4-2-3-5-17(15)24-28-20)25-18(26)11-10-16(23-25)13-6-8-14(21)9-7-13/h6-12H,2-5H2,1H3,(H,22,27). The number of nitrogens with one attached hydrogen (secondary N) is 1. The second kappa shape index (κ2) is 7.38. The Labute approximate surface area is 160 Å². The minimum Gasteiger partial charge on any atom is -0.338 e. The van der Waals surface area contributed by atoms with E-state index in [0.29, 0.717) is 17.1 Å². The molecule has 7 nitrogen and oxygen atoms in total. The maximum absolute atomic E-state index is 13.1. The number of carbonyl (C=O) groups excluding carboxylic acids is 1. The summed E-state index contributed by atoms with van der Waals surface area (Å²) in [7, 11) is 0. The predicted molar refractivity (Wildman–Crippen MR) is 100 cm³/mol. The molecule has 4 rings (SSSR count). The molecule has 28 heavy (non-hydrogen) atoms. The number of benzene rings is 1. The van der Waals surface area contributed by atoms with E-state index in [1.807, 2.05) is 0 Å². The molecule has 0 aliphatic heterocycles. The van der Waals surface area contributed by atoms with Crippen molar-refractivity contribution in [3.63, 3.8) is 0 Å². The van der Waals surface area contributed by atoms with Gasteiger partial charge in [0.1, 0.15) is 11.9 Å². The van der Waals surface area contributed by atoms with Gasteiger partial charge in [-0.05, 0) is 62.9 Å². The Morgan fingerprint density at radius 2 is 1.93 bits per heavy atom. The van der Waals surface area contributed by atoms with Gasteiger partial charge in [-0.3, -0.25) is 14.9 Å². The number of hydrogen-bond acceptors (Lipinski definition) is 5. The Bertz CT molecular complexity index is 1070. The number of amides is 1. The van der Waals surface area contributed by atoms with Gasteiger partial charge < -0.3 is 4.52 Å². The van der Waals surface area contributed by atoms with E-state index in [4.69, 9.17) is 4.52 Å². The van der Waals surface area contributed by atoms with Crippen molar-refractivity contribution in [1.82, 2.24) is 14.9 Å². The van der Waals surface area contributed by atoms with E-state index in [9.17, 15) is 14.0 Å². The average molecular weight is 382 g/mol. The van der Waals surface area contributed by atoms with Crippen LogP contribution in [-0.4, -0.2) is 20.8 Å². The van der Waals surface area contributed by atoms with E-state index < -0.39 is 17.5 Å². The lowest BCUT2D eigenvalue weighted by Gasteiger charge is -2.15. The molecule has 0 spiro atoms. The van der Waals surface area contributed by atoms with Crippen LogP contribution in [0.2, 0.25) is 0 Å². The van der Waals surface area contributed by atoms with Gasteiger partial charge in [0.15, 0.2) is 0 Å². The van der Waals surface area contributed by atoms with Crippen molar-refractivity contribution >= 4 is 11.8 Å². The highest BCUT2D eigenvalue weighted by Crippen LogP contribution is 2.28. The molecule has 1 N–H and O–H groups in total. The van der Waals surface area contributed by atoms with Crippen LogP contribution in [0.25, 0.3) is 11.3 Å². The highest BCUT2D eigenvalue weighted by atomic mass is 19.1. The maximum Gasteiger partial charge on any atom is 0.267 e. The molecule has 144 valence electrons. The first kappa shape index (κ1) is 18.1. The lowest BCUT2D eigenvalue weighted by atomic mass is 9.98. The van der Waals surface area contributed by atoms with Crippen LogP contribution < -0.4 is 10.9 Å². The monoisotopic (exact) mass is 382 g/mol. The van der Waals surface area contributed by atoms with Crippen molar-refractivity contribution in [3.8, 4) is 11.3 Å². The summed E-state index contributed by atoms with van der Waals surface area (Å²) in [4.78, 5) is 25.0. The Balaban J connectivity index is 1.58. The number of carbonyl (C=O) groups is 1. The molecule has 1 aliphatic rings. The molecule has 0 fully saturated rings.